The van der Waals surface area contributed by atoms with Crippen molar-refractivity contribution in [2.45, 2.75) is 280 Å². The molecule has 1 aliphatic carbocycles. The largest absolute Gasteiger partial charge is 0.463 e. The van der Waals surface area contributed by atoms with Crippen molar-refractivity contribution in [3.8, 4) is 0 Å². The van der Waals surface area contributed by atoms with Crippen molar-refractivity contribution >= 4 is 98.3 Å². The average molecular weight is 1630 g/mol. The van der Waals surface area contributed by atoms with Gasteiger partial charge in [0.15, 0.2) is 5.60 Å². The molecule has 8 aliphatic heterocycles. The Balaban J connectivity index is 0.000000185. The molecule has 8 heterocycles. The summed E-state index contributed by atoms with van der Waals surface area (Å²) in [6, 6.07) is 15.4. The number of rotatable bonds is 25. The number of carbonyl (C=O) groups is 13. The molecule has 1 saturated carbocycles. The van der Waals surface area contributed by atoms with Crippen molar-refractivity contribution in [2.24, 2.45) is 10.8 Å². The number of ether oxygens (including phenoxy) is 2. The van der Waals surface area contributed by atoms with Crippen LogP contribution in [0.1, 0.15) is 203 Å². The van der Waals surface area contributed by atoms with E-state index >= 15 is 0 Å². The number of fused-ring (bicyclic) bond motifs is 5. The van der Waals surface area contributed by atoms with Gasteiger partial charge in [-0.15, -0.1) is 0 Å². The zero-order valence-electron chi connectivity index (χ0n) is 68.1. The molecular formula is C83H117N15O17S. The molecule has 3 aromatic rings. The van der Waals surface area contributed by atoms with E-state index in [0.717, 1.165) is 93.6 Å². The smallest absolute Gasteiger partial charge is 0.313 e. The molecule has 632 valence electrons. The predicted octanol–water partition coefficient (Wildman–Crippen LogP) is 3.98. The summed E-state index contributed by atoms with van der Waals surface area (Å²) in [6.07, 6.45) is 14.7. The monoisotopic (exact) mass is 1630 g/mol. The van der Waals surface area contributed by atoms with E-state index in [1.807, 2.05) is 32.9 Å². The molecule has 3 aromatic carbocycles. The molecule has 8 saturated heterocycles. The number of amides is 11. The maximum Gasteiger partial charge on any atom is 0.313 e. The lowest BCUT2D eigenvalue weighted by Crippen LogP contribution is -2.57. The van der Waals surface area contributed by atoms with Gasteiger partial charge in [0.1, 0.15) is 42.9 Å². The van der Waals surface area contributed by atoms with E-state index < -0.39 is 80.8 Å². The minimum Gasteiger partial charge on any atom is -0.463 e. The van der Waals surface area contributed by atoms with E-state index in [9.17, 15) is 70.7 Å². The molecule has 15 atom stereocenters. The van der Waals surface area contributed by atoms with Crippen molar-refractivity contribution in [1.29, 1.82) is 0 Å². The maximum atomic E-state index is 13.7. The number of benzene rings is 3. The highest BCUT2D eigenvalue weighted by molar-refractivity contribution is 7.95. The van der Waals surface area contributed by atoms with Crippen molar-refractivity contribution < 1.29 is 80.2 Å². The van der Waals surface area contributed by atoms with E-state index in [1.54, 1.807) is 117 Å². The fourth-order valence-electron chi connectivity index (χ4n) is 17.4. The average Bonchev–Trinajstić information content (AvgIpc) is 1.52. The number of hydrogen-bond donors (Lipinski definition) is 12. The first kappa shape index (κ1) is 88.5. The number of hydrogen-bond acceptors (Lipinski definition) is 20. The lowest BCUT2D eigenvalue weighted by atomic mass is 9.66. The van der Waals surface area contributed by atoms with Gasteiger partial charge in [-0.1, -0.05) is 95.3 Å². The van der Waals surface area contributed by atoms with Gasteiger partial charge in [0.25, 0.3) is 21.8 Å². The zero-order chi connectivity index (χ0) is 84.0. The van der Waals surface area contributed by atoms with Crippen molar-refractivity contribution in [2.75, 3.05) is 37.8 Å². The van der Waals surface area contributed by atoms with Crippen LogP contribution >= 0.6 is 0 Å². The van der Waals surface area contributed by atoms with E-state index in [1.165, 1.54) is 0 Å². The second-order valence-electron chi connectivity index (χ2n) is 32.8. The summed E-state index contributed by atoms with van der Waals surface area (Å²) in [5.41, 5.74) is 1.00. The maximum absolute atomic E-state index is 13.7. The Kier molecular flexibility index (Phi) is 29.7. The molecular weight excluding hydrogens is 1510 g/mol. The van der Waals surface area contributed by atoms with Gasteiger partial charge in [-0.2, -0.15) is 0 Å². The topological polar surface area (TPSA) is 429 Å². The first-order valence-corrected chi connectivity index (χ1v) is 42.5. The van der Waals surface area contributed by atoms with Gasteiger partial charge < -0.3 is 82.7 Å². The number of esters is 2. The van der Waals surface area contributed by atoms with Crippen LogP contribution < -0.4 is 63.2 Å². The van der Waals surface area contributed by atoms with E-state index in [4.69, 9.17) is 9.47 Å². The number of nitrogens with one attached hydrogen (secondary N) is 12. The van der Waals surface area contributed by atoms with Gasteiger partial charge in [-0.3, -0.25) is 67.1 Å². The van der Waals surface area contributed by atoms with Crippen molar-refractivity contribution in [3.05, 3.63) is 107 Å². The van der Waals surface area contributed by atoms with Crippen LogP contribution in [0.15, 0.2) is 84.8 Å². The molecule has 0 spiro atoms. The van der Waals surface area contributed by atoms with Crippen LogP contribution in [-0.4, -0.2) is 212 Å². The van der Waals surface area contributed by atoms with Gasteiger partial charge in [0, 0.05) is 65.5 Å². The van der Waals surface area contributed by atoms with Crippen molar-refractivity contribution in [1.82, 2.24) is 67.9 Å². The molecule has 2 bridgehead atoms. The Morgan fingerprint density at radius 3 is 1.29 bits per heavy atom. The fraction of sp³-hybridized carbons (Fsp3) is 0.602. The molecule has 0 aromatic heterocycles. The van der Waals surface area contributed by atoms with Gasteiger partial charge in [0.05, 0.1) is 36.0 Å². The number of likely N-dealkylation sites (N-methyl/N-ethyl adjacent to an activating group) is 3. The van der Waals surface area contributed by atoms with Crippen LogP contribution in [-0.2, 0) is 96.7 Å². The van der Waals surface area contributed by atoms with Crippen LogP contribution in [0.5, 0.6) is 0 Å². The number of carbonyl (C=O) groups excluding carboxylic acids is 13. The molecule has 11 amide bonds. The summed E-state index contributed by atoms with van der Waals surface area (Å²) in [6.45, 7) is 15.0. The molecule has 12 N–H and O–H groups in total. The lowest BCUT2D eigenvalue weighted by molar-refractivity contribution is -0.165. The summed E-state index contributed by atoms with van der Waals surface area (Å²) >= 11 is 0. The second kappa shape index (κ2) is 38.9. The first-order chi connectivity index (χ1) is 55.2. The van der Waals surface area contributed by atoms with Crippen LogP contribution in [0.3, 0.4) is 0 Å². The Morgan fingerprint density at radius 1 is 0.517 bits per heavy atom. The normalized spacial score (nSPS) is 27.4. The van der Waals surface area contributed by atoms with Crippen molar-refractivity contribution in [3.63, 3.8) is 0 Å². The summed E-state index contributed by atoms with van der Waals surface area (Å²) in [4.78, 5) is 173. The summed E-state index contributed by atoms with van der Waals surface area (Å²) in [5, 5.41) is 32.7. The summed E-state index contributed by atoms with van der Waals surface area (Å²) in [7, 11) is 1.44. The standard InChI is InChI=1S/C32H45N5O6.C27H37N5O6.C24H35N5O5S/c1-19(33-5)25(38)36-23-12-7-6-11-22-13-14-24(37(22)27(23)40)26(39)34-18-20-9-8-10-21(17-20)35-28(41)32-16-15-31(4,29(42)43-32)30(32,2)3;1-16(28-2)24(34)31-21-9-4-3-8-20-10-11-22(32(20)27(21)37)26(36)29-14-17-6-5-7-18(12-17)25(35)30-19-13-23(33)38-15-19;1-4-35(33,34)28-18-9-7-8-17(14-18)15-26-23(31)21-13-12-19-10-5-6-11-20(24(32)29(19)21)27-22(30)16(2)25-3/h8-10,17,19,22-24,33H,6-7,11-16,18H2,1-5H3,(H,34,39)(H,35,41)(H,36,38);5-7,12,16,19-22,28H,3-4,8-11,13-15H2,1-2H3,(H,29,36)(H,30,35)(H,31,34);4,7-9,14,16,19-21,25,28H,1,5-6,10-13,15H2,2-3H3,(H,26,31)(H,27,30)/t19-,22-,23-,24-,31?,32?;16-,19-,20-,21-,22-;16-,19-,20-,21-/m000/s1. The summed E-state index contributed by atoms with van der Waals surface area (Å²) in [5.74, 6) is -3.36. The van der Waals surface area contributed by atoms with Crippen LogP contribution in [0.2, 0.25) is 0 Å². The molecule has 9 fully saturated rings. The first-order valence-electron chi connectivity index (χ1n) is 40.9. The fourth-order valence-corrected chi connectivity index (χ4v) is 17.9. The molecule has 32 nitrogen and oxygen atoms in total. The Labute approximate surface area is 679 Å². The SMILES string of the molecule is C=CS(=O)(=O)Nc1cccc(CNC(=O)[C@@H]2CC[C@@H]3CCCC[C@H](NC(=O)[C@H](C)NC)C(=O)N32)c1.CN[C@@H](C)C(=O)N[C@H]1CCCC[C@H]2CC[C@@H](C(=O)NCc3cccc(C(=O)N[C@@H]4COC(=O)C4)c3)N2C1=O.CN[C@@H](C)C(=O)N[C@H]1CCCC[C@H]2CC[C@@H](C(=O)NCc3cccc(NC(=O)C45CCC(C)(C(=O)O4)C5(C)C)c3)N2C1=O. The highest BCUT2D eigenvalue weighted by Gasteiger charge is 2.75. The quantitative estimate of drug-likeness (QED) is 0.0534. The van der Waals surface area contributed by atoms with E-state index in [0.29, 0.717) is 73.9 Å². The third-order valence-corrected chi connectivity index (χ3v) is 26.1. The number of nitrogens with zero attached hydrogens (tertiary/aromatic N) is 3. The Hall–Kier alpha value is -9.86. The second-order valence-corrected chi connectivity index (χ2v) is 34.4. The number of cyclic esters (lactones) is 1. The summed E-state index contributed by atoms with van der Waals surface area (Å²) < 4.78 is 36.4. The number of anilines is 2. The molecule has 9 aliphatic rings. The van der Waals surface area contributed by atoms with Gasteiger partial charge >= 0.3 is 11.9 Å². The third kappa shape index (κ3) is 20.6. The van der Waals surface area contributed by atoms with E-state index in [2.05, 4.69) is 69.8 Å². The van der Waals surface area contributed by atoms with Crippen LogP contribution in [0.25, 0.3) is 0 Å². The molecule has 0 radical (unpaired) electrons. The van der Waals surface area contributed by atoms with Crippen LogP contribution in [0, 0.1) is 10.8 Å². The molecule has 116 heavy (non-hydrogen) atoms. The van der Waals surface area contributed by atoms with Crippen LogP contribution in [0.4, 0.5) is 11.4 Å². The molecule has 33 heteroatoms. The third-order valence-electron chi connectivity index (χ3n) is 25.2. The minimum atomic E-state index is -3.63. The Bertz CT molecular complexity index is 4300. The van der Waals surface area contributed by atoms with Gasteiger partial charge in [-0.05, 0) is 192 Å². The number of sulfonamides is 1. The lowest BCUT2D eigenvalue weighted by Gasteiger charge is -2.35. The van der Waals surface area contributed by atoms with Gasteiger partial charge in [0.2, 0.25) is 53.2 Å². The Morgan fingerprint density at radius 2 is 0.914 bits per heavy atom. The highest BCUT2D eigenvalue weighted by Crippen LogP contribution is 2.65. The molecule has 12 rings (SSSR count). The van der Waals surface area contributed by atoms with E-state index in [-0.39, 0.29) is 134 Å². The van der Waals surface area contributed by atoms with Gasteiger partial charge in [-0.25, -0.2) is 8.42 Å². The predicted molar refractivity (Wildman–Crippen MR) is 431 cm³/mol. The minimum absolute atomic E-state index is 0.0156. The highest BCUT2D eigenvalue weighted by atomic mass is 32.2. The molecule has 2 unspecified atom stereocenters. The zero-order valence-corrected chi connectivity index (χ0v) is 68.9.